The molecular formula is C13H14O2. The molecule has 0 radical (unpaired) electrons. The average molecular weight is 202 g/mol. The van der Waals surface area contributed by atoms with Crippen molar-refractivity contribution in [3.8, 4) is 11.5 Å². The second-order valence-corrected chi connectivity index (χ2v) is 3.54. The Bertz CT molecular complexity index is 463. The highest BCUT2D eigenvalue weighted by Gasteiger charge is 1.98. The first-order valence-electron chi connectivity index (χ1n) is 5.15. The zero-order valence-corrected chi connectivity index (χ0v) is 8.73. The maximum absolute atomic E-state index is 9.36. The van der Waals surface area contributed by atoms with Gasteiger partial charge in [0.1, 0.15) is 11.5 Å². The van der Waals surface area contributed by atoms with Crippen LogP contribution in [0.5, 0.6) is 11.5 Å². The summed E-state index contributed by atoms with van der Waals surface area (Å²) in [5, 5.41) is 11.5. The molecule has 0 aromatic heterocycles. The minimum atomic E-state index is 0.287. The Balaban J connectivity index is 2.36. The van der Waals surface area contributed by atoms with E-state index in [9.17, 15) is 5.11 Å². The molecule has 15 heavy (non-hydrogen) atoms. The monoisotopic (exact) mass is 202 g/mol. The lowest BCUT2D eigenvalue weighted by molar-refractivity contribution is 0.318. The van der Waals surface area contributed by atoms with Gasteiger partial charge in [-0.05, 0) is 41.5 Å². The fourth-order valence-corrected chi connectivity index (χ4v) is 1.52. The van der Waals surface area contributed by atoms with E-state index in [0.29, 0.717) is 0 Å². The Labute approximate surface area is 89.1 Å². The molecule has 0 aliphatic rings. The van der Waals surface area contributed by atoms with Crippen molar-refractivity contribution in [1.29, 1.82) is 0 Å². The third-order valence-corrected chi connectivity index (χ3v) is 2.27. The van der Waals surface area contributed by atoms with Crippen molar-refractivity contribution in [2.24, 2.45) is 0 Å². The van der Waals surface area contributed by atoms with E-state index in [1.807, 2.05) is 24.3 Å². The number of fused-ring (bicyclic) bond motifs is 1. The van der Waals surface area contributed by atoms with Crippen molar-refractivity contribution in [3.63, 3.8) is 0 Å². The molecule has 0 spiro atoms. The van der Waals surface area contributed by atoms with Gasteiger partial charge in [-0.15, -0.1) is 0 Å². The summed E-state index contributed by atoms with van der Waals surface area (Å²) >= 11 is 0. The number of benzene rings is 2. The fraction of sp³-hybridized carbons (Fsp3) is 0.231. The Morgan fingerprint density at radius 2 is 1.87 bits per heavy atom. The van der Waals surface area contributed by atoms with Gasteiger partial charge in [-0.2, -0.15) is 0 Å². The average Bonchev–Trinajstić information content (AvgIpc) is 2.25. The van der Waals surface area contributed by atoms with Crippen molar-refractivity contribution in [2.75, 3.05) is 6.61 Å². The molecule has 78 valence electrons. The molecule has 2 aromatic carbocycles. The SMILES string of the molecule is CCCOc1ccc2ccc(O)cc2c1. The van der Waals surface area contributed by atoms with Crippen molar-refractivity contribution in [3.05, 3.63) is 36.4 Å². The summed E-state index contributed by atoms with van der Waals surface area (Å²) in [7, 11) is 0. The van der Waals surface area contributed by atoms with Gasteiger partial charge >= 0.3 is 0 Å². The lowest BCUT2D eigenvalue weighted by atomic mass is 10.1. The van der Waals surface area contributed by atoms with Crippen LogP contribution < -0.4 is 4.74 Å². The number of phenols is 1. The molecule has 0 atom stereocenters. The van der Waals surface area contributed by atoms with Crippen molar-refractivity contribution < 1.29 is 9.84 Å². The van der Waals surface area contributed by atoms with E-state index in [1.54, 1.807) is 12.1 Å². The molecule has 0 saturated heterocycles. The lowest BCUT2D eigenvalue weighted by Crippen LogP contribution is -1.94. The van der Waals surface area contributed by atoms with Gasteiger partial charge in [0.25, 0.3) is 0 Å². The van der Waals surface area contributed by atoms with Crippen LogP contribution in [0, 0.1) is 0 Å². The standard InChI is InChI=1S/C13H14O2/c1-2-7-15-13-6-4-10-3-5-12(14)8-11(10)9-13/h3-6,8-9,14H,2,7H2,1H3. The molecular weight excluding hydrogens is 188 g/mol. The first kappa shape index (κ1) is 9.84. The van der Waals surface area contributed by atoms with Gasteiger partial charge in [-0.25, -0.2) is 0 Å². The fourth-order valence-electron chi connectivity index (χ4n) is 1.52. The summed E-state index contributed by atoms with van der Waals surface area (Å²) in [5.41, 5.74) is 0. The van der Waals surface area contributed by atoms with Crippen LogP contribution >= 0.6 is 0 Å². The van der Waals surface area contributed by atoms with Gasteiger partial charge in [-0.1, -0.05) is 19.1 Å². The minimum Gasteiger partial charge on any atom is -0.508 e. The molecule has 2 rings (SSSR count). The quantitative estimate of drug-likeness (QED) is 0.827. The molecule has 0 heterocycles. The molecule has 0 aliphatic carbocycles. The summed E-state index contributed by atoms with van der Waals surface area (Å²) < 4.78 is 5.52. The van der Waals surface area contributed by atoms with Gasteiger partial charge < -0.3 is 9.84 Å². The van der Waals surface area contributed by atoms with E-state index < -0.39 is 0 Å². The Morgan fingerprint density at radius 3 is 2.67 bits per heavy atom. The first-order valence-corrected chi connectivity index (χ1v) is 5.15. The van der Waals surface area contributed by atoms with Gasteiger partial charge in [0.2, 0.25) is 0 Å². The van der Waals surface area contributed by atoms with Crippen LogP contribution in [0.15, 0.2) is 36.4 Å². The zero-order chi connectivity index (χ0) is 10.7. The molecule has 0 amide bonds. The second-order valence-electron chi connectivity index (χ2n) is 3.54. The Kier molecular flexibility index (Phi) is 2.77. The molecule has 2 aromatic rings. The molecule has 2 nitrogen and oxygen atoms in total. The van der Waals surface area contributed by atoms with Crippen molar-refractivity contribution in [1.82, 2.24) is 0 Å². The van der Waals surface area contributed by atoms with Crippen LogP contribution in [0.3, 0.4) is 0 Å². The number of phenolic OH excluding ortho intramolecular Hbond substituents is 1. The summed E-state index contributed by atoms with van der Waals surface area (Å²) in [6, 6.07) is 11.2. The summed E-state index contributed by atoms with van der Waals surface area (Å²) in [6.45, 7) is 2.80. The highest BCUT2D eigenvalue weighted by molar-refractivity contribution is 5.85. The van der Waals surface area contributed by atoms with Crippen LogP contribution in [0.2, 0.25) is 0 Å². The normalized spacial score (nSPS) is 10.5. The number of hydrogen-bond acceptors (Lipinski definition) is 2. The zero-order valence-electron chi connectivity index (χ0n) is 8.73. The maximum atomic E-state index is 9.36. The van der Waals surface area contributed by atoms with Gasteiger partial charge in [-0.3, -0.25) is 0 Å². The molecule has 0 saturated carbocycles. The van der Waals surface area contributed by atoms with E-state index in [1.165, 1.54) is 0 Å². The summed E-state index contributed by atoms with van der Waals surface area (Å²) in [4.78, 5) is 0. The van der Waals surface area contributed by atoms with Crippen LogP contribution in [-0.2, 0) is 0 Å². The van der Waals surface area contributed by atoms with E-state index in [2.05, 4.69) is 6.92 Å². The van der Waals surface area contributed by atoms with Crippen LogP contribution in [0.25, 0.3) is 10.8 Å². The van der Waals surface area contributed by atoms with Crippen LogP contribution in [0.4, 0.5) is 0 Å². The van der Waals surface area contributed by atoms with E-state index in [4.69, 9.17) is 4.74 Å². The maximum Gasteiger partial charge on any atom is 0.119 e. The Morgan fingerprint density at radius 1 is 1.07 bits per heavy atom. The number of aromatic hydroxyl groups is 1. The highest BCUT2D eigenvalue weighted by Crippen LogP contribution is 2.24. The molecule has 0 bridgehead atoms. The molecule has 0 aliphatic heterocycles. The van der Waals surface area contributed by atoms with Crippen molar-refractivity contribution in [2.45, 2.75) is 13.3 Å². The highest BCUT2D eigenvalue weighted by atomic mass is 16.5. The van der Waals surface area contributed by atoms with Crippen LogP contribution in [-0.4, -0.2) is 11.7 Å². The van der Waals surface area contributed by atoms with Gasteiger partial charge in [0.05, 0.1) is 6.61 Å². The molecule has 2 heteroatoms. The third-order valence-electron chi connectivity index (χ3n) is 2.27. The largest absolute Gasteiger partial charge is 0.508 e. The minimum absolute atomic E-state index is 0.287. The van der Waals surface area contributed by atoms with Gasteiger partial charge in [0.15, 0.2) is 0 Å². The third kappa shape index (κ3) is 2.21. The lowest BCUT2D eigenvalue weighted by Gasteiger charge is -2.05. The smallest absolute Gasteiger partial charge is 0.119 e. The Hall–Kier alpha value is -1.70. The molecule has 0 unspecified atom stereocenters. The van der Waals surface area contributed by atoms with Crippen molar-refractivity contribution >= 4 is 10.8 Å². The number of ether oxygens (including phenoxy) is 1. The van der Waals surface area contributed by atoms with Gasteiger partial charge in [0, 0.05) is 0 Å². The van der Waals surface area contributed by atoms with E-state index >= 15 is 0 Å². The summed E-state index contributed by atoms with van der Waals surface area (Å²) in [6.07, 6.45) is 0.998. The first-order chi connectivity index (χ1) is 7.29. The number of rotatable bonds is 3. The second kappa shape index (κ2) is 4.22. The predicted octanol–water partition coefficient (Wildman–Crippen LogP) is 3.33. The summed E-state index contributed by atoms with van der Waals surface area (Å²) in [5.74, 6) is 1.14. The van der Waals surface area contributed by atoms with Crippen LogP contribution in [0.1, 0.15) is 13.3 Å². The predicted molar refractivity (Wildman–Crippen MR) is 61.4 cm³/mol. The topological polar surface area (TPSA) is 29.5 Å². The molecule has 1 N–H and O–H groups in total. The van der Waals surface area contributed by atoms with E-state index in [0.717, 1.165) is 29.5 Å². The molecule has 0 fully saturated rings. The van der Waals surface area contributed by atoms with E-state index in [-0.39, 0.29) is 5.75 Å². The number of hydrogen-bond donors (Lipinski definition) is 1.